The van der Waals surface area contributed by atoms with Gasteiger partial charge in [0.2, 0.25) is 11.0 Å². The maximum atomic E-state index is 12.4. The van der Waals surface area contributed by atoms with E-state index in [-0.39, 0.29) is 17.3 Å². The van der Waals surface area contributed by atoms with Crippen molar-refractivity contribution in [3.63, 3.8) is 0 Å². The van der Waals surface area contributed by atoms with Gasteiger partial charge in [-0.05, 0) is 36.8 Å². The van der Waals surface area contributed by atoms with Crippen molar-refractivity contribution in [2.75, 3.05) is 23.0 Å². The highest BCUT2D eigenvalue weighted by atomic mass is 32.2. The van der Waals surface area contributed by atoms with Crippen molar-refractivity contribution in [3.05, 3.63) is 64.2 Å². The molecule has 0 aliphatic carbocycles. The Bertz CT molecular complexity index is 991. The molecular weight excluding hydrogens is 398 g/mol. The highest BCUT2D eigenvalue weighted by Gasteiger charge is 2.15. The number of nitro groups is 1. The first-order chi connectivity index (χ1) is 13.4. The zero-order valence-electron chi connectivity index (χ0n) is 15.2. The molecule has 0 aliphatic rings. The first kappa shape index (κ1) is 19.8. The maximum Gasteiger partial charge on any atom is 0.269 e. The molecule has 3 aromatic rings. The number of amides is 1. The van der Waals surface area contributed by atoms with Gasteiger partial charge in [-0.3, -0.25) is 14.9 Å². The van der Waals surface area contributed by atoms with E-state index in [1.54, 1.807) is 19.2 Å². The largest absolute Gasteiger partial charge is 0.330 e. The van der Waals surface area contributed by atoms with Crippen molar-refractivity contribution in [2.24, 2.45) is 0 Å². The molecule has 1 N–H and O–H groups in total. The Morgan fingerprint density at radius 2 is 2.00 bits per heavy atom. The summed E-state index contributed by atoms with van der Waals surface area (Å²) in [4.78, 5) is 24.1. The summed E-state index contributed by atoms with van der Waals surface area (Å²) < 4.78 is 0.681. The first-order valence-corrected chi connectivity index (χ1v) is 10.0. The number of hydrogen-bond acceptors (Lipinski definition) is 8. The number of carbonyl (C=O) groups excluding carboxylic acids is 1. The van der Waals surface area contributed by atoms with E-state index in [9.17, 15) is 14.9 Å². The minimum absolute atomic E-state index is 0.0125. The number of nitro benzene ring substituents is 1. The predicted octanol–water partition coefficient (Wildman–Crippen LogP) is 4.25. The van der Waals surface area contributed by atoms with E-state index < -0.39 is 4.92 Å². The van der Waals surface area contributed by atoms with Crippen LogP contribution in [0.15, 0.2) is 52.9 Å². The number of aryl methyl sites for hydroxylation is 1. The van der Waals surface area contributed by atoms with Gasteiger partial charge in [0.25, 0.3) is 5.69 Å². The Labute approximate surface area is 169 Å². The number of thioether (sulfide) groups is 1. The number of benzene rings is 2. The van der Waals surface area contributed by atoms with Gasteiger partial charge in [0, 0.05) is 30.6 Å². The van der Waals surface area contributed by atoms with Crippen molar-refractivity contribution >= 4 is 51.2 Å². The van der Waals surface area contributed by atoms with Gasteiger partial charge in [-0.1, -0.05) is 35.2 Å². The Hall–Kier alpha value is -2.98. The monoisotopic (exact) mass is 415 g/mol. The molecule has 0 atom stereocenters. The third-order valence-corrected chi connectivity index (χ3v) is 5.77. The molecule has 1 heterocycles. The number of hydrogen-bond donors (Lipinski definition) is 1. The van der Waals surface area contributed by atoms with Crippen LogP contribution in [-0.2, 0) is 4.79 Å². The van der Waals surface area contributed by atoms with Gasteiger partial charge in [0.15, 0.2) is 4.34 Å². The quantitative estimate of drug-likeness (QED) is 0.350. The van der Waals surface area contributed by atoms with Gasteiger partial charge in [0.05, 0.1) is 10.7 Å². The van der Waals surface area contributed by atoms with Gasteiger partial charge in [-0.2, -0.15) is 0 Å². The van der Waals surface area contributed by atoms with E-state index in [1.165, 1.54) is 40.1 Å². The summed E-state index contributed by atoms with van der Waals surface area (Å²) >= 11 is 2.67. The highest BCUT2D eigenvalue weighted by molar-refractivity contribution is 8.01. The number of rotatable bonds is 7. The fraction of sp³-hybridized carbons (Fsp3) is 0.167. The molecule has 0 saturated carbocycles. The lowest BCUT2D eigenvalue weighted by Crippen LogP contribution is -2.27. The van der Waals surface area contributed by atoms with Gasteiger partial charge >= 0.3 is 0 Å². The molecule has 10 heteroatoms. The average molecular weight is 416 g/mol. The third kappa shape index (κ3) is 5.05. The van der Waals surface area contributed by atoms with Crippen LogP contribution < -0.4 is 10.2 Å². The van der Waals surface area contributed by atoms with Crippen LogP contribution in [0.1, 0.15) is 5.56 Å². The van der Waals surface area contributed by atoms with Crippen LogP contribution in [0.3, 0.4) is 0 Å². The third-order valence-electron chi connectivity index (χ3n) is 3.82. The Morgan fingerprint density at radius 1 is 1.25 bits per heavy atom. The van der Waals surface area contributed by atoms with Crippen LogP contribution in [0.5, 0.6) is 0 Å². The van der Waals surface area contributed by atoms with Crippen molar-refractivity contribution in [1.29, 1.82) is 0 Å². The molecule has 1 amide bonds. The molecule has 0 bridgehead atoms. The topological polar surface area (TPSA) is 101 Å². The summed E-state index contributed by atoms with van der Waals surface area (Å²) in [5.41, 5.74) is 2.66. The summed E-state index contributed by atoms with van der Waals surface area (Å²) in [6, 6.07) is 13.8. The van der Waals surface area contributed by atoms with Crippen molar-refractivity contribution < 1.29 is 9.72 Å². The second-order valence-electron chi connectivity index (χ2n) is 5.88. The summed E-state index contributed by atoms with van der Waals surface area (Å²) in [7, 11) is 1.63. The van der Waals surface area contributed by atoms with Gasteiger partial charge in [-0.25, -0.2) is 0 Å². The Kier molecular flexibility index (Phi) is 6.22. The maximum absolute atomic E-state index is 12.4. The van der Waals surface area contributed by atoms with E-state index in [2.05, 4.69) is 15.5 Å². The number of nitrogens with zero attached hydrogens (tertiary/aromatic N) is 4. The molecule has 0 spiro atoms. The van der Waals surface area contributed by atoms with E-state index >= 15 is 0 Å². The van der Waals surface area contributed by atoms with Crippen molar-refractivity contribution in [3.8, 4) is 0 Å². The highest BCUT2D eigenvalue weighted by Crippen LogP contribution is 2.28. The molecule has 3 rings (SSSR count). The molecule has 144 valence electrons. The number of carbonyl (C=O) groups is 1. The van der Waals surface area contributed by atoms with E-state index in [0.717, 1.165) is 11.3 Å². The van der Waals surface area contributed by atoms with Crippen LogP contribution in [0.2, 0.25) is 0 Å². The van der Waals surface area contributed by atoms with Crippen LogP contribution in [0.4, 0.5) is 22.2 Å². The average Bonchev–Trinajstić information content (AvgIpc) is 3.13. The normalized spacial score (nSPS) is 10.5. The number of non-ortho nitro benzene ring substituents is 1. The lowest BCUT2D eigenvalue weighted by atomic mass is 10.2. The summed E-state index contributed by atoms with van der Waals surface area (Å²) in [6.45, 7) is 2.01. The smallest absolute Gasteiger partial charge is 0.269 e. The molecule has 8 nitrogen and oxygen atoms in total. The molecule has 0 unspecified atom stereocenters. The zero-order chi connectivity index (χ0) is 20.1. The minimum Gasteiger partial charge on any atom is -0.330 e. The fourth-order valence-electron chi connectivity index (χ4n) is 2.33. The molecule has 0 fully saturated rings. The van der Waals surface area contributed by atoms with Crippen LogP contribution in [-0.4, -0.2) is 33.8 Å². The van der Waals surface area contributed by atoms with Crippen molar-refractivity contribution in [1.82, 2.24) is 10.2 Å². The van der Waals surface area contributed by atoms with Crippen molar-refractivity contribution in [2.45, 2.75) is 11.3 Å². The standard InChI is InChI=1S/C18H17N5O3S2/c1-12-4-3-5-13(10-12)19-17-20-21-18(28-17)27-11-16(24)22(2)14-6-8-15(9-7-14)23(25)26/h3-10H,11H2,1-2H3,(H,19,20). The second-order valence-corrected chi connectivity index (χ2v) is 8.08. The van der Waals surface area contributed by atoms with E-state index in [1.807, 2.05) is 31.2 Å². The summed E-state index contributed by atoms with van der Waals surface area (Å²) in [5.74, 6) is 0.0503. The number of anilines is 3. The molecule has 0 saturated heterocycles. The Morgan fingerprint density at radius 3 is 2.68 bits per heavy atom. The summed E-state index contributed by atoms with van der Waals surface area (Å²) in [5, 5.41) is 22.8. The second kappa shape index (κ2) is 8.81. The summed E-state index contributed by atoms with van der Waals surface area (Å²) in [6.07, 6.45) is 0. The molecule has 0 aliphatic heterocycles. The number of aromatic nitrogens is 2. The molecule has 0 radical (unpaired) electrons. The van der Waals surface area contributed by atoms with Crippen LogP contribution in [0.25, 0.3) is 0 Å². The van der Waals surface area contributed by atoms with Crippen LogP contribution in [0, 0.1) is 17.0 Å². The van der Waals surface area contributed by atoms with Crippen LogP contribution >= 0.6 is 23.1 Å². The Balaban J connectivity index is 1.55. The molecule has 2 aromatic carbocycles. The first-order valence-electron chi connectivity index (χ1n) is 8.23. The van der Waals surface area contributed by atoms with Gasteiger partial charge in [0.1, 0.15) is 0 Å². The zero-order valence-corrected chi connectivity index (χ0v) is 16.8. The van der Waals surface area contributed by atoms with E-state index in [0.29, 0.717) is 15.2 Å². The van der Waals surface area contributed by atoms with Gasteiger partial charge in [-0.15, -0.1) is 10.2 Å². The number of nitrogens with one attached hydrogen (secondary N) is 1. The molecule has 1 aromatic heterocycles. The van der Waals surface area contributed by atoms with Gasteiger partial charge < -0.3 is 10.2 Å². The predicted molar refractivity (Wildman–Crippen MR) is 112 cm³/mol. The lowest BCUT2D eigenvalue weighted by Gasteiger charge is -2.16. The molecule has 28 heavy (non-hydrogen) atoms. The molecular formula is C18H17N5O3S2. The lowest BCUT2D eigenvalue weighted by molar-refractivity contribution is -0.384. The fourth-order valence-corrected chi connectivity index (χ4v) is 4.01. The SMILES string of the molecule is Cc1cccc(Nc2nnc(SCC(=O)N(C)c3ccc([N+](=O)[O-])cc3)s2)c1. The van der Waals surface area contributed by atoms with E-state index in [4.69, 9.17) is 0 Å². The minimum atomic E-state index is -0.473.